The van der Waals surface area contributed by atoms with Gasteiger partial charge in [0.25, 0.3) is 0 Å². The second-order valence-electron chi connectivity index (χ2n) is 5.82. The van der Waals surface area contributed by atoms with Crippen LogP contribution in [0.15, 0.2) is 12.3 Å². The summed E-state index contributed by atoms with van der Waals surface area (Å²) in [7, 11) is 5.98. The monoisotopic (exact) mass is 193 g/mol. The van der Waals surface area contributed by atoms with Crippen LogP contribution in [0.5, 0.6) is 0 Å². The molecule has 0 aromatic heterocycles. The Bertz CT molecular complexity index is 211. The molecule has 0 saturated carbocycles. The van der Waals surface area contributed by atoms with Gasteiger partial charge in [-0.1, -0.05) is 41.2 Å². The smallest absolute Gasteiger partial charge is 0.226 e. The molecule has 0 rings (SSSR count). The van der Waals surface area contributed by atoms with Crippen molar-refractivity contribution in [3.05, 3.63) is 12.3 Å². The summed E-state index contributed by atoms with van der Waals surface area (Å²) in [5, 5.41) is 0. The van der Waals surface area contributed by atoms with Crippen LogP contribution in [0.4, 0.5) is 0 Å². The first kappa shape index (κ1) is 13.6. The lowest BCUT2D eigenvalue weighted by Gasteiger charge is -2.45. The largest absolute Gasteiger partial charge is 0.426 e. The highest BCUT2D eigenvalue weighted by atomic mass is 15.1. The topological polar surface area (TPSA) is 3.24 Å². The molecule has 0 saturated heterocycles. The summed E-state index contributed by atoms with van der Waals surface area (Å²) in [4.78, 5) is 1.77. The first-order valence-corrected chi connectivity index (χ1v) is 5.25. The number of hydrogen-bond acceptors (Lipinski definition) is 1. The van der Waals surface area contributed by atoms with Crippen molar-refractivity contribution in [1.82, 2.24) is 4.81 Å². The zero-order valence-corrected chi connectivity index (χ0v) is 10.8. The average Bonchev–Trinajstić information content (AvgIpc) is 1.99. The highest BCUT2D eigenvalue weighted by molar-refractivity contribution is 6.05. The van der Waals surface area contributed by atoms with Crippen molar-refractivity contribution in [2.24, 2.45) is 10.8 Å². The molecule has 0 bridgehead atoms. The van der Waals surface area contributed by atoms with Crippen molar-refractivity contribution in [3.8, 4) is 0 Å². The summed E-state index contributed by atoms with van der Waals surface area (Å²) in [5.74, 6) is 0. The third-order valence-corrected chi connectivity index (χ3v) is 3.46. The van der Waals surface area contributed by atoms with Crippen molar-refractivity contribution in [2.45, 2.75) is 54.5 Å². The summed E-state index contributed by atoms with van der Waals surface area (Å²) in [5.41, 5.74) is 1.17. The van der Waals surface area contributed by atoms with Crippen LogP contribution in [0, 0.1) is 10.8 Å². The lowest BCUT2D eigenvalue weighted by atomic mass is 9.66. The summed E-state index contributed by atoms with van der Waals surface area (Å²) in [6.07, 6.45) is 0. The van der Waals surface area contributed by atoms with E-state index < -0.39 is 0 Å². The van der Waals surface area contributed by atoms with Gasteiger partial charge in [-0.3, -0.25) is 0 Å². The van der Waals surface area contributed by atoms with E-state index in [-0.39, 0.29) is 10.8 Å². The van der Waals surface area contributed by atoms with Gasteiger partial charge in [0.05, 0.1) is 0 Å². The molecule has 0 atom stereocenters. The van der Waals surface area contributed by atoms with E-state index in [2.05, 4.69) is 55.0 Å². The first-order chi connectivity index (χ1) is 6.01. The van der Waals surface area contributed by atoms with Gasteiger partial charge in [-0.2, -0.15) is 0 Å². The first-order valence-electron chi connectivity index (χ1n) is 5.25. The van der Waals surface area contributed by atoms with E-state index in [0.29, 0.717) is 6.04 Å². The van der Waals surface area contributed by atoms with Gasteiger partial charge < -0.3 is 4.81 Å². The van der Waals surface area contributed by atoms with Crippen molar-refractivity contribution in [1.29, 1.82) is 0 Å². The minimum Gasteiger partial charge on any atom is -0.426 e. The van der Waals surface area contributed by atoms with Gasteiger partial charge in [0, 0.05) is 11.5 Å². The third kappa shape index (κ3) is 2.55. The molecule has 0 amide bonds. The molecule has 2 radical (unpaired) electrons. The standard InChI is InChI=1S/C12H24BN/c1-9(2)14(13)10(3)12(7,8)11(4,5)6/h9H,3H2,1-2,4-8H3. The number of rotatable bonds is 3. The zero-order chi connectivity index (χ0) is 11.7. The lowest BCUT2D eigenvalue weighted by Crippen LogP contribution is -2.40. The second kappa shape index (κ2) is 4.00. The quantitative estimate of drug-likeness (QED) is 0.621. The van der Waals surface area contributed by atoms with Crippen LogP contribution in [0.2, 0.25) is 0 Å². The van der Waals surface area contributed by atoms with E-state index in [1.807, 2.05) is 0 Å². The SMILES string of the molecule is [B]N(C(=C)C(C)(C)C(C)(C)C)C(C)C. The Morgan fingerprint density at radius 2 is 1.50 bits per heavy atom. The minimum absolute atomic E-state index is 0.00597. The Labute approximate surface area is 91.0 Å². The molecular formula is C12H24BN. The van der Waals surface area contributed by atoms with Crippen LogP contribution in [-0.2, 0) is 0 Å². The van der Waals surface area contributed by atoms with Crippen LogP contribution in [0.25, 0.3) is 0 Å². The molecule has 0 aliphatic heterocycles. The van der Waals surface area contributed by atoms with Crippen molar-refractivity contribution >= 4 is 7.98 Å². The Morgan fingerprint density at radius 1 is 1.14 bits per heavy atom. The minimum atomic E-state index is 0.00597. The number of allylic oxidation sites excluding steroid dienone is 1. The summed E-state index contributed by atoms with van der Waals surface area (Å²) in [6, 6.07) is 0.295. The average molecular weight is 193 g/mol. The predicted octanol–water partition coefficient (Wildman–Crippen LogP) is 3.37. The van der Waals surface area contributed by atoms with Gasteiger partial charge in [-0.05, 0) is 25.0 Å². The molecule has 80 valence electrons. The normalized spacial score (nSPS) is 13.1. The van der Waals surface area contributed by atoms with E-state index in [1.54, 1.807) is 4.81 Å². The van der Waals surface area contributed by atoms with Gasteiger partial charge in [-0.15, -0.1) is 0 Å². The highest BCUT2D eigenvalue weighted by Gasteiger charge is 2.36. The summed E-state index contributed by atoms with van der Waals surface area (Å²) in [6.45, 7) is 19.3. The van der Waals surface area contributed by atoms with E-state index in [4.69, 9.17) is 7.98 Å². The fourth-order valence-electron chi connectivity index (χ4n) is 1.07. The molecule has 0 aromatic rings. The van der Waals surface area contributed by atoms with Crippen LogP contribution >= 0.6 is 0 Å². The third-order valence-electron chi connectivity index (χ3n) is 3.46. The van der Waals surface area contributed by atoms with Crippen LogP contribution in [-0.4, -0.2) is 18.8 Å². The number of nitrogens with zero attached hydrogens (tertiary/aromatic N) is 1. The van der Waals surface area contributed by atoms with Gasteiger partial charge >= 0.3 is 0 Å². The molecule has 0 heterocycles. The molecule has 0 fully saturated rings. The van der Waals surface area contributed by atoms with Gasteiger partial charge in [0.1, 0.15) is 0 Å². The van der Waals surface area contributed by atoms with Gasteiger partial charge in [0.15, 0.2) is 0 Å². The Hall–Kier alpha value is -0.395. The van der Waals surface area contributed by atoms with E-state index in [9.17, 15) is 0 Å². The van der Waals surface area contributed by atoms with Crippen molar-refractivity contribution in [3.63, 3.8) is 0 Å². The van der Waals surface area contributed by atoms with Crippen LogP contribution in [0.1, 0.15) is 48.5 Å². The summed E-state index contributed by atoms with van der Waals surface area (Å²) >= 11 is 0. The second-order valence-corrected chi connectivity index (χ2v) is 5.82. The lowest BCUT2D eigenvalue weighted by molar-refractivity contribution is 0.144. The molecular weight excluding hydrogens is 169 g/mol. The van der Waals surface area contributed by atoms with Crippen LogP contribution < -0.4 is 0 Å². The van der Waals surface area contributed by atoms with Crippen LogP contribution in [0.3, 0.4) is 0 Å². The maximum atomic E-state index is 5.98. The van der Waals surface area contributed by atoms with Gasteiger partial charge in [-0.25, -0.2) is 0 Å². The van der Waals surface area contributed by atoms with Gasteiger partial charge in [0.2, 0.25) is 7.98 Å². The predicted molar refractivity (Wildman–Crippen MR) is 65.1 cm³/mol. The molecule has 0 aliphatic carbocycles. The maximum absolute atomic E-state index is 5.98. The fourth-order valence-corrected chi connectivity index (χ4v) is 1.07. The molecule has 1 nitrogen and oxygen atoms in total. The van der Waals surface area contributed by atoms with E-state index in [1.165, 1.54) is 0 Å². The molecule has 2 heteroatoms. The molecule has 0 aromatic carbocycles. The fraction of sp³-hybridized carbons (Fsp3) is 0.833. The highest BCUT2D eigenvalue weighted by Crippen LogP contribution is 2.44. The van der Waals surface area contributed by atoms with Crippen molar-refractivity contribution in [2.75, 3.05) is 0 Å². The Kier molecular flexibility index (Phi) is 3.89. The molecule has 0 N–H and O–H groups in total. The molecule has 14 heavy (non-hydrogen) atoms. The molecule has 0 aliphatic rings. The summed E-state index contributed by atoms with van der Waals surface area (Å²) < 4.78 is 0. The van der Waals surface area contributed by atoms with Crippen molar-refractivity contribution < 1.29 is 0 Å². The van der Waals surface area contributed by atoms with E-state index >= 15 is 0 Å². The zero-order valence-electron chi connectivity index (χ0n) is 10.8. The Morgan fingerprint density at radius 3 is 1.71 bits per heavy atom. The molecule has 0 unspecified atom stereocenters. The Balaban J connectivity index is 4.86. The molecule has 0 spiro atoms. The maximum Gasteiger partial charge on any atom is 0.226 e. The number of hydrogen-bond donors (Lipinski definition) is 0. The van der Waals surface area contributed by atoms with E-state index in [0.717, 1.165) is 5.70 Å².